The molecule has 2 unspecified atom stereocenters. The Hall–Kier alpha value is -0.0800. The van der Waals surface area contributed by atoms with E-state index in [0.717, 1.165) is 12.5 Å². The van der Waals surface area contributed by atoms with Crippen molar-refractivity contribution in [2.45, 2.75) is 71.3 Å². The van der Waals surface area contributed by atoms with E-state index in [-0.39, 0.29) is 0 Å². The number of nitrogens with zero attached hydrogens (tertiary/aromatic N) is 1. The molecule has 0 aromatic carbocycles. The van der Waals surface area contributed by atoms with Crippen LogP contribution in [0.4, 0.5) is 0 Å². The summed E-state index contributed by atoms with van der Waals surface area (Å²) in [6, 6.07) is 0. The maximum Gasteiger partial charge on any atom is 0.0334 e. The van der Waals surface area contributed by atoms with Crippen molar-refractivity contribution >= 4 is 0 Å². The van der Waals surface area contributed by atoms with Crippen LogP contribution in [0.15, 0.2) is 0 Å². The van der Waals surface area contributed by atoms with E-state index in [1.54, 1.807) is 0 Å². The van der Waals surface area contributed by atoms with E-state index >= 15 is 0 Å². The molecule has 2 nitrogen and oxygen atoms in total. The highest BCUT2D eigenvalue weighted by Crippen LogP contribution is 2.41. The molecule has 2 atom stereocenters. The van der Waals surface area contributed by atoms with E-state index in [1.165, 1.54) is 58.0 Å². The largest absolute Gasteiger partial charge is 0.329 e. The van der Waals surface area contributed by atoms with Gasteiger partial charge in [-0.15, -0.1) is 0 Å². The number of rotatable bonds is 3. The summed E-state index contributed by atoms with van der Waals surface area (Å²) in [4.78, 5) is 2.76. The predicted octanol–water partition coefficient (Wildman–Crippen LogP) is 3.41. The molecule has 1 aliphatic heterocycles. The van der Waals surface area contributed by atoms with Gasteiger partial charge < -0.3 is 5.73 Å². The highest BCUT2D eigenvalue weighted by molar-refractivity contribution is 4.99. The third-order valence-electron chi connectivity index (χ3n) is 5.45. The van der Waals surface area contributed by atoms with Crippen LogP contribution in [0.1, 0.15) is 65.7 Å². The van der Waals surface area contributed by atoms with Crippen LogP contribution in [0.2, 0.25) is 0 Å². The fraction of sp³-hybridized carbons (Fsp3) is 1.00. The van der Waals surface area contributed by atoms with Crippen molar-refractivity contribution in [3.05, 3.63) is 0 Å². The molecule has 1 heterocycles. The van der Waals surface area contributed by atoms with Gasteiger partial charge >= 0.3 is 0 Å². The Bertz CT molecular complexity index is 274. The summed E-state index contributed by atoms with van der Waals surface area (Å²) in [5.74, 6) is 0.910. The fourth-order valence-electron chi connectivity index (χ4n) is 4.24. The first kappa shape index (κ1) is 14.3. The van der Waals surface area contributed by atoms with Gasteiger partial charge in [-0.25, -0.2) is 0 Å². The SMILES string of the molecule is CCC1CCCC(CN)(N2CCCC(C)(C)C2)C1. The van der Waals surface area contributed by atoms with Crippen molar-refractivity contribution in [1.82, 2.24) is 4.90 Å². The number of piperidine rings is 1. The van der Waals surface area contributed by atoms with E-state index in [0.29, 0.717) is 11.0 Å². The van der Waals surface area contributed by atoms with E-state index in [1.807, 2.05) is 0 Å². The second kappa shape index (κ2) is 5.50. The molecule has 2 aliphatic rings. The third-order valence-corrected chi connectivity index (χ3v) is 5.45. The van der Waals surface area contributed by atoms with Crippen LogP contribution in [0.5, 0.6) is 0 Å². The normalized spacial score (nSPS) is 37.7. The molecule has 106 valence electrons. The first-order chi connectivity index (χ1) is 8.51. The summed E-state index contributed by atoms with van der Waals surface area (Å²) >= 11 is 0. The molecule has 2 heteroatoms. The molecule has 18 heavy (non-hydrogen) atoms. The average Bonchev–Trinajstić information content (AvgIpc) is 2.37. The molecule has 0 radical (unpaired) electrons. The Kier molecular flexibility index (Phi) is 4.38. The standard InChI is InChI=1S/C16H32N2/c1-4-14-7-5-9-16(11-14,12-17)18-10-6-8-15(2,3)13-18/h14H,4-13,17H2,1-3H3. The van der Waals surface area contributed by atoms with Gasteiger partial charge in [0.15, 0.2) is 0 Å². The zero-order chi connectivity index (χ0) is 13.2. The number of likely N-dealkylation sites (tertiary alicyclic amines) is 1. The smallest absolute Gasteiger partial charge is 0.0334 e. The summed E-state index contributed by atoms with van der Waals surface area (Å²) < 4.78 is 0. The zero-order valence-electron chi connectivity index (χ0n) is 12.7. The Morgan fingerprint density at radius 2 is 2.00 bits per heavy atom. The number of hydrogen-bond donors (Lipinski definition) is 1. The molecule has 2 rings (SSSR count). The van der Waals surface area contributed by atoms with Crippen molar-refractivity contribution in [2.24, 2.45) is 17.1 Å². The lowest BCUT2D eigenvalue weighted by molar-refractivity contribution is -0.0166. The van der Waals surface area contributed by atoms with Crippen LogP contribution < -0.4 is 5.73 Å². The van der Waals surface area contributed by atoms with E-state index in [4.69, 9.17) is 5.73 Å². The fourth-order valence-corrected chi connectivity index (χ4v) is 4.24. The van der Waals surface area contributed by atoms with Crippen molar-refractivity contribution in [3.8, 4) is 0 Å². The van der Waals surface area contributed by atoms with Gasteiger partial charge in [-0.3, -0.25) is 4.90 Å². The van der Waals surface area contributed by atoms with Gasteiger partial charge in [-0.05, 0) is 43.6 Å². The van der Waals surface area contributed by atoms with Gasteiger partial charge in [0, 0.05) is 18.6 Å². The summed E-state index contributed by atoms with van der Waals surface area (Å²) in [6.45, 7) is 10.6. The molecule has 0 aromatic rings. The topological polar surface area (TPSA) is 29.3 Å². The van der Waals surface area contributed by atoms with Crippen LogP contribution in [-0.2, 0) is 0 Å². The van der Waals surface area contributed by atoms with Gasteiger partial charge in [0.2, 0.25) is 0 Å². The Balaban J connectivity index is 2.11. The molecular weight excluding hydrogens is 220 g/mol. The maximum absolute atomic E-state index is 6.23. The lowest BCUT2D eigenvalue weighted by atomic mass is 9.71. The van der Waals surface area contributed by atoms with Gasteiger partial charge in [-0.2, -0.15) is 0 Å². The van der Waals surface area contributed by atoms with Gasteiger partial charge in [0.1, 0.15) is 0 Å². The third kappa shape index (κ3) is 2.91. The zero-order valence-corrected chi connectivity index (χ0v) is 12.7. The minimum Gasteiger partial charge on any atom is -0.329 e. The molecule has 0 spiro atoms. The molecule has 2 N–H and O–H groups in total. The molecule has 0 bridgehead atoms. The number of hydrogen-bond acceptors (Lipinski definition) is 2. The molecule has 1 aliphatic carbocycles. The average molecular weight is 252 g/mol. The summed E-state index contributed by atoms with van der Waals surface area (Å²) in [5.41, 5.74) is 7.05. The number of nitrogens with two attached hydrogens (primary N) is 1. The lowest BCUT2D eigenvalue weighted by Crippen LogP contribution is -2.60. The highest BCUT2D eigenvalue weighted by Gasteiger charge is 2.42. The molecule has 0 amide bonds. The Morgan fingerprint density at radius 1 is 1.22 bits per heavy atom. The van der Waals surface area contributed by atoms with Crippen molar-refractivity contribution in [1.29, 1.82) is 0 Å². The molecule has 0 aromatic heterocycles. The van der Waals surface area contributed by atoms with Gasteiger partial charge in [0.05, 0.1) is 0 Å². The maximum atomic E-state index is 6.23. The molecule has 2 fully saturated rings. The molecule has 1 saturated carbocycles. The predicted molar refractivity (Wildman–Crippen MR) is 78.6 cm³/mol. The lowest BCUT2D eigenvalue weighted by Gasteiger charge is -2.52. The van der Waals surface area contributed by atoms with Crippen molar-refractivity contribution in [3.63, 3.8) is 0 Å². The van der Waals surface area contributed by atoms with Crippen molar-refractivity contribution < 1.29 is 0 Å². The van der Waals surface area contributed by atoms with Crippen LogP contribution in [0, 0.1) is 11.3 Å². The van der Waals surface area contributed by atoms with E-state index < -0.39 is 0 Å². The Morgan fingerprint density at radius 3 is 2.61 bits per heavy atom. The minimum atomic E-state index is 0.330. The first-order valence-corrected chi connectivity index (χ1v) is 7.96. The molecule has 1 saturated heterocycles. The van der Waals surface area contributed by atoms with E-state index in [9.17, 15) is 0 Å². The monoisotopic (exact) mass is 252 g/mol. The highest BCUT2D eigenvalue weighted by atomic mass is 15.2. The van der Waals surface area contributed by atoms with Crippen LogP contribution in [-0.4, -0.2) is 30.1 Å². The quantitative estimate of drug-likeness (QED) is 0.834. The van der Waals surface area contributed by atoms with Crippen LogP contribution in [0.25, 0.3) is 0 Å². The second-order valence-corrected chi connectivity index (χ2v) is 7.49. The Labute approximate surface area is 113 Å². The first-order valence-electron chi connectivity index (χ1n) is 7.96. The molecular formula is C16H32N2. The minimum absolute atomic E-state index is 0.330. The second-order valence-electron chi connectivity index (χ2n) is 7.49. The van der Waals surface area contributed by atoms with E-state index in [2.05, 4.69) is 25.7 Å². The summed E-state index contributed by atoms with van der Waals surface area (Å²) in [6.07, 6.45) is 9.54. The van der Waals surface area contributed by atoms with Gasteiger partial charge in [0.25, 0.3) is 0 Å². The van der Waals surface area contributed by atoms with Crippen LogP contribution >= 0.6 is 0 Å². The van der Waals surface area contributed by atoms with Crippen molar-refractivity contribution in [2.75, 3.05) is 19.6 Å². The summed E-state index contributed by atoms with van der Waals surface area (Å²) in [5, 5.41) is 0. The van der Waals surface area contributed by atoms with Crippen LogP contribution in [0.3, 0.4) is 0 Å². The summed E-state index contributed by atoms with van der Waals surface area (Å²) in [7, 11) is 0. The van der Waals surface area contributed by atoms with Gasteiger partial charge in [-0.1, -0.05) is 40.0 Å².